The van der Waals surface area contributed by atoms with Crippen molar-refractivity contribution in [3.8, 4) is 5.75 Å². The van der Waals surface area contributed by atoms with Crippen molar-refractivity contribution >= 4 is 28.9 Å². The van der Waals surface area contributed by atoms with Crippen molar-refractivity contribution in [3.05, 3.63) is 82.3 Å². The van der Waals surface area contributed by atoms with Crippen LogP contribution in [0.3, 0.4) is 0 Å². The number of ether oxygens (including phenoxy) is 1. The summed E-state index contributed by atoms with van der Waals surface area (Å²) in [5.74, 6) is 1.91. The lowest BCUT2D eigenvalue weighted by Crippen LogP contribution is -2.55. The number of nitrogens with zero attached hydrogens (tertiary/aromatic N) is 2. The Morgan fingerprint density at radius 3 is 2.90 bits per heavy atom. The van der Waals surface area contributed by atoms with E-state index in [-0.39, 0.29) is 11.9 Å². The minimum Gasteiger partial charge on any atom is -0.460 e. The molecule has 0 unspecified atom stereocenters. The van der Waals surface area contributed by atoms with Gasteiger partial charge in [0.25, 0.3) is 5.91 Å². The van der Waals surface area contributed by atoms with Crippen LogP contribution in [0.1, 0.15) is 35.1 Å². The molecule has 1 amide bonds. The number of fused-ring (bicyclic) bond motifs is 6. The molecule has 29 heavy (non-hydrogen) atoms. The van der Waals surface area contributed by atoms with Crippen LogP contribution in [-0.4, -0.2) is 16.6 Å². The highest BCUT2D eigenvalue weighted by atomic mass is 35.5. The van der Waals surface area contributed by atoms with Gasteiger partial charge in [0, 0.05) is 17.0 Å². The predicted molar refractivity (Wildman–Crippen MR) is 108 cm³/mol. The van der Waals surface area contributed by atoms with E-state index < -0.39 is 5.72 Å². The second-order valence-electron chi connectivity index (χ2n) is 7.45. The quantitative estimate of drug-likeness (QED) is 0.643. The van der Waals surface area contributed by atoms with Gasteiger partial charge in [0.05, 0.1) is 17.3 Å². The Hall–Kier alpha value is -3.25. The van der Waals surface area contributed by atoms with E-state index in [1.165, 1.54) is 0 Å². The molecule has 1 spiro atoms. The van der Waals surface area contributed by atoms with Crippen molar-refractivity contribution in [2.75, 3.05) is 5.32 Å². The number of hydrogen-bond donors (Lipinski definition) is 1. The number of amides is 1. The summed E-state index contributed by atoms with van der Waals surface area (Å²) in [6.07, 6.45) is 0.609. The first-order chi connectivity index (χ1) is 14.1. The predicted octanol–water partition coefficient (Wildman–Crippen LogP) is 4.59. The second kappa shape index (κ2) is 5.64. The maximum absolute atomic E-state index is 13.3. The van der Waals surface area contributed by atoms with Crippen molar-refractivity contribution in [2.45, 2.75) is 25.1 Å². The first kappa shape index (κ1) is 16.7. The summed E-state index contributed by atoms with van der Waals surface area (Å²) in [6, 6.07) is 16.7. The minimum absolute atomic E-state index is 0.156. The molecule has 6 nitrogen and oxygen atoms in total. The summed E-state index contributed by atoms with van der Waals surface area (Å²) in [5, 5.41) is 10.1. The summed E-state index contributed by atoms with van der Waals surface area (Å²) in [4.78, 5) is 13.3. The maximum Gasteiger partial charge on any atom is 0.306 e. The number of anilines is 1. The smallest absolute Gasteiger partial charge is 0.306 e. The van der Waals surface area contributed by atoms with Gasteiger partial charge in [0.1, 0.15) is 23.0 Å². The maximum atomic E-state index is 13.3. The molecule has 3 aromatic rings. The van der Waals surface area contributed by atoms with E-state index in [0.717, 1.165) is 17.0 Å². The summed E-state index contributed by atoms with van der Waals surface area (Å²) in [6.45, 7) is 1.90. The molecule has 1 N–H and O–H groups in total. The van der Waals surface area contributed by atoms with Gasteiger partial charge in [0.15, 0.2) is 0 Å². The number of aryl methyl sites for hydroxylation is 1. The van der Waals surface area contributed by atoms with E-state index in [4.69, 9.17) is 25.9 Å². The van der Waals surface area contributed by atoms with Gasteiger partial charge in [-0.3, -0.25) is 4.79 Å². The summed E-state index contributed by atoms with van der Waals surface area (Å²) >= 11 is 6.28. The molecule has 0 saturated carbocycles. The topological polar surface area (TPSA) is 67.1 Å². The highest BCUT2D eigenvalue weighted by Crippen LogP contribution is 2.54. The fraction of sp³-hybridized carbons (Fsp3) is 0.182. The fourth-order valence-corrected chi connectivity index (χ4v) is 4.57. The molecule has 1 aromatic heterocycles. The third-order valence-electron chi connectivity index (χ3n) is 5.70. The molecule has 0 bridgehead atoms. The fourth-order valence-electron chi connectivity index (χ4n) is 4.40. The molecule has 3 aliphatic rings. The number of carbonyl (C=O) groups is 1. The zero-order valence-electron chi connectivity index (χ0n) is 15.5. The van der Waals surface area contributed by atoms with Crippen molar-refractivity contribution in [1.82, 2.24) is 5.01 Å². The van der Waals surface area contributed by atoms with Crippen molar-refractivity contribution in [3.63, 3.8) is 0 Å². The van der Waals surface area contributed by atoms with E-state index >= 15 is 0 Å². The molecule has 0 fully saturated rings. The Kier molecular flexibility index (Phi) is 3.24. The molecule has 0 aliphatic carbocycles. The first-order valence-electron chi connectivity index (χ1n) is 9.39. The largest absolute Gasteiger partial charge is 0.460 e. The number of nitrogens with one attached hydrogen (secondary N) is 1. The number of benzene rings is 2. The average Bonchev–Trinajstić information content (AvgIpc) is 3.40. The van der Waals surface area contributed by atoms with Gasteiger partial charge in [-0.05, 0) is 43.3 Å². The van der Waals surface area contributed by atoms with Gasteiger partial charge in [-0.1, -0.05) is 29.8 Å². The van der Waals surface area contributed by atoms with E-state index in [1.807, 2.05) is 43.3 Å². The third kappa shape index (κ3) is 2.17. The molecule has 2 aromatic carbocycles. The summed E-state index contributed by atoms with van der Waals surface area (Å²) < 4.78 is 12.2. The van der Waals surface area contributed by atoms with Crippen LogP contribution in [0.4, 0.5) is 5.69 Å². The van der Waals surface area contributed by atoms with E-state index in [9.17, 15) is 4.79 Å². The zero-order valence-corrected chi connectivity index (χ0v) is 16.2. The van der Waals surface area contributed by atoms with Gasteiger partial charge < -0.3 is 14.5 Å². The molecule has 4 heterocycles. The van der Waals surface area contributed by atoms with E-state index in [1.54, 1.807) is 23.2 Å². The van der Waals surface area contributed by atoms with Gasteiger partial charge in [-0.15, -0.1) is 0 Å². The van der Waals surface area contributed by atoms with Gasteiger partial charge in [-0.25, -0.2) is 5.01 Å². The summed E-state index contributed by atoms with van der Waals surface area (Å²) in [5.41, 5.74) is 1.70. The highest BCUT2D eigenvalue weighted by Gasteiger charge is 2.61. The Bertz CT molecular complexity index is 1220. The molecule has 7 heteroatoms. The number of hydrogen-bond acceptors (Lipinski definition) is 5. The second-order valence-corrected chi connectivity index (χ2v) is 7.89. The molecular formula is C22H16ClN3O3. The summed E-state index contributed by atoms with van der Waals surface area (Å²) in [7, 11) is 0. The average molecular weight is 406 g/mol. The Morgan fingerprint density at radius 1 is 1.21 bits per heavy atom. The van der Waals surface area contributed by atoms with Crippen LogP contribution in [-0.2, 0) is 10.5 Å². The van der Waals surface area contributed by atoms with Crippen LogP contribution in [0, 0.1) is 6.92 Å². The normalized spacial score (nSPS) is 23.9. The number of halogens is 1. The van der Waals surface area contributed by atoms with Crippen LogP contribution in [0.5, 0.6) is 5.75 Å². The Morgan fingerprint density at radius 2 is 2.07 bits per heavy atom. The van der Waals surface area contributed by atoms with Gasteiger partial charge >= 0.3 is 5.72 Å². The van der Waals surface area contributed by atoms with Gasteiger partial charge in [-0.2, -0.15) is 5.10 Å². The number of carbonyl (C=O) groups excluding carboxylic acids is 1. The van der Waals surface area contributed by atoms with Gasteiger partial charge in [0.2, 0.25) is 0 Å². The van der Waals surface area contributed by atoms with Crippen LogP contribution in [0.15, 0.2) is 64.1 Å². The number of furan rings is 1. The molecule has 3 aliphatic heterocycles. The number of rotatable bonds is 1. The standard InChI is InChI=1S/C22H16ClN3O3/c1-12-6-9-20(28-12)17-11-18-14-4-2-3-5-19(14)29-22(26(18)25-17)15-10-13(23)7-8-16(15)24-21(22)27/h2-10,18H,11H2,1H3,(H,24,27)/t18-,22-/m0/s1. The Balaban J connectivity index is 1.59. The minimum atomic E-state index is -1.41. The third-order valence-corrected chi connectivity index (χ3v) is 5.93. The van der Waals surface area contributed by atoms with Crippen LogP contribution in [0.2, 0.25) is 5.02 Å². The number of hydrazone groups is 1. The lowest BCUT2D eigenvalue weighted by atomic mass is 9.93. The molecular weight excluding hydrogens is 390 g/mol. The van der Waals surface area contributed by atoms with Crippen molar-refractivity contribution in [2.24, 2.45) is 5.10 Å². The van der Waals surface area contributed by atoms with Crippen molar-refractivity contribution in [1.29, 1.82) is 0 Å². The number of para-hydroxylation sites is 1. The van der Waals surface area contributed by atoms with Crippen molar-refractivity contribution < 1.29 is 13.9 Å². The molecule has 144 valence electrons. The first-order valence-corrected chi connectivity index (χ1v) is 9.77. The lowest BCUT2D eigenvalue weighted by molar-refractivity contribution is -0.161. The van der Waals surface area contributed by atoms with Crippen LogP contribution < -0.4 is 10.1 Å². The molecule has 2 atom stereocenters. The van der Waals surface area contributed by atoms with E-state index in [2.05, 4.69) is 5.32 Å². The van der Waals surface area contributed by atoms with Crippen LogP contribution >= 0.6 is 11.6 Å². The Labute approximate surface area is 171 Å². The monoisotopic (exact) mass is 405 g/mol. The molecule has 0 radical (unpaired) electrons. The van der Waals surface area contributed by atoms with E-state index in [0.29, 0.717) is 34.2 Å². The SMILES string of the molecule is Cc1ccc(C2=NN3[C@@H](C2)c2ccccc2O[C@@]32C(=O)Nc3ccc(Cl)cc32)o1. The molecule has 6 rings (SSSR count). The lowest BCUT2D eigenvalue weighted by Gasteiger charge is -2.43. The highest BCUT2D eigenvalue weighted by molar-refractivity contribution is 6.31. The van der Waals surface area contributed by atoms with Crippen LogP contribution in [0.25, 0.3) is 0 Å². The molecule has 0 saturated heterocycles. The zero-order chi connectivity index (χ0) is 19.8.